The molecule has 3 saturated heterocycles. The van der Waals surface area contributed by atoms with Crippen molar-refractivity contribution >= 4 is 6.03 Å². The Bertz CT molecular complexity index is 320. The number of amides is 2. The minimum atomic E-state index is 0.191. The molecule has 2 amide bonds. The van der Waals surface area contributed by atoms with Crippen LogP contribution in [0.1, 0.15) is 19.3 Å². The van der Waals surface area contributed by atoms with Crippen LogP contribution in [0, 0.1) is 0 Å². The second-order valence-electron chi connectivity index (χ2n) is 5.87. The molecule has 0 saturated carbocycles. The predicted octanol–water partition coefficient (Wildman–Crippen LogP) is 0.282. The van der Waals surface area contributed by atoms with Gasteiger partial charge in [-0.1, -0.05) is 0 Å². The van der Waals surface area contributed by atoms with Crippen molar-refractivity contribution in [1.82, 2.24) is 15.1 Å². The molecule has 6 nitrogen and oxygen atoms in total. The van der Waals surface area contributed by atoms with Crippen molar-refractivity contribution < 1.29 is 14.3 Å². The average Bonchev–Trinajstić information content (AvgIpc) is 3.01. The van der Waals surface area contributed by atoms with Gasteiger partial charge in [-0.25, -0.2) is 4.79 Å². The lowest BCUT2D eigenvalue weighted by Gasteiger charge is -2.37. The fraction of sp³-hybridized carbons (Fsp3) is 0.929. The summed E-state index contributed by atoms with van der Waals surface area (Å²) < 4.78 is 10.7. The molecule has 6 heteroatoms. The first kappa shape index (κ1) is 14.1. The summed E-state index contributed by atoms with van der Waals surface area (Å²) in [6.45, 7) is 6.26. The number of piperidine rings is 1. The van der Waals surface area contributed by atoms with E-state index in [2.05, 4.69) is 5.32 Å². The van der Waals surface area contributed by atoms with Gasteiger partial charge in [0.2, 0.25) is 0 Å². The minimum Gasteiger partial charge on any atom is -0.380 e. The van der Waals surface area contributed by atoms with Crippen LogP contribution in [-0.4, -0.2) is 80.5 Å². The van der Waals surface area contributed by atoms with Gasteiger partial charge < -0.3 is 24.6 Å². The molecule has 114 valence electrons. The Hall–Kier alpha value is -0.850. The van der Waals surface area contributed by atoms with E-state index in [9.17, 15) is 4.79 Å². The van der Waals surface area contributed by atoms with Gasteiger partial charge in [-0.15, -0.1) is 0 Å². The molecule has 1 N–H and O–H groups in total. The monoisotopic (exact) mass is 283 g/mol. The number of ether oxygens (including phenoxy) is 2. The maximum absolute atomic E-state index is 12.4. The Labute approximate surface area is 120 Å². The topological polar surface area (TPSA) is 54.0 Å². The molecule has 1 unspecified atom stereocenters. The summed E-state index contributed by atoms with van der Waals surface area (Å²) in [7, 11) is 0. The minimum absolute atomic E-state index is 0.191. The van der Waals surface area contributed by atoms with Crippen molar-refractivity contribution in [2.75, 3.05) is 52.6 Å². The number of morpholine rings is 1. The van der Waals surface area contributed by atoms with Crippen molar-refractivity contribution in [1.29, 1.82) is 0 Å². The number of nitrogens with zero attached hydrogens (tertiary/aromatic N) is 2. The van der Waals surface area contributed by atoms with Crippen molar-refractivity contribution in [2.45, 2.75) is 31.3 Å². The third-order valence-corrected chi connectivity index (χ3v) is 4.45. The molecular formula is C14H25N3O3. The van der Waals surface area contributed by atoms with Gasteiger partial charge in [0.15, 0.2) is 0 Å². The first-order valence-electron chi connectivity index (χ1n) is 7.78. The molecule has 0 aromatic heterocycles. The second kappa shape index (κ2) is 6.74. The van der Waals surface area contributed by atoms with E-state index >= 15 is 0 Å². The zero-order valence-corrected chi connectivity index (χ0v) is 12.1. The lowest BCUT2D eigenvalue weighted by Crippen LogP contribution is -2.53. The summed E-state index contributed by atoms with van der Waals surface area (Å²) in [5.74, 6) is 0. The first-order valence-corrected chi connectivity index (χ1v) is 7.78. The summed E-state index contributed by atoms with van der Waals surface area (Å²) in [4.78, 5) is 16.3. The summed E-state index contributed by atoms with van der Waals surface area (Å²) >= 11 is 0. The molecule has 0 aromatic carbocycles. The number of carbonyl (C=O) groups is 1. The van der Waals surface area contributed by atoms with Gasteiger partial charge in [-0.05, 0) is 19.3 Å². The van der Waals surface area contributed by atoms with Crippen LogP contribution >= 0.6 is 0 Å². The standard InChI is InChI=1S/C14H25N3O3/c18-14(17-6-9-19-10-7-17)16-4-1-12(2-5-16)15-13-3-8-20-11-13/h12-13,15H,1-11H2. The van der Waals surface area contributed by atoms with E-state index in [4.69, 9.17) is 9.47 Å². The number of rotatable bonds is 2. The van der Waals surface area contributed by atoms with E-state index < -0.39 is 0 Å². The third kappa shape index (κ3) is 3.42. The molecule has 3 heterocycles. The highest BCUT2D eigenvalue weighted by atomic mass is 16.5. The van der Waals surface area contributed by atoms with Gasteiger partial charge in [0.1, 0.15) is 0 Å². The summed E-state index contributed by atoms with van der Waals surface area (Å²) in [5, 5.41) is 3.66. The number of nitrogens with one attached hydrogen (secondary N) is 1. The molecule has 0 radical (unpaired) electrons. The summed E-state index contributed by atoms with van der Waals surface area (Å²) in [6.07, 6.45) is 3.21. The maximum Gasteiger partial charge on any atom is 0.320 e. The van der Waals surface area contributed by atoms with Gasteiger partial charge in [0, 0.05) is 44.9 Å². The van der Waals surface area contributed by atoms with Gasteiger partial charge in [-0.3, -0.25) is 0 Å². The third-order valence-electron chi connectivity index (χ3n) is 4.45. The molecule has 3 aliphatic rings. The number of likely N-dealkylation sites (tertiary alicyclic amines) is 1. The fourth-order valence-electron chi connectivity index (χ4n) is 3.19. The second-order valence-corrected chi connectivity index (χ2v) is 5.87. The first-order chi connectivity index (χ1) is 9.83. The van der Waals surface area contributed by atoms with Crippen LogP contribution in [0.4, 0.5) is 4.79 Å². The smallest absolute Gasteiger partial charge is 0.320 e. The van der Waals surface area contributed by atoms with E-state index in [0.717, 1.165) is 58.7 Å². The van der Waals surface area contributed by atoms with Crippen LogP contribution in [0.3, 0.4) is 0 Å². The van der Waals surface area contributed by atoms with Crippen molar-refractivity contribution in [3.63, 3.8) is 0 Å². The van der Waals surface area contributed by atoms with Crippen molar-refractivity contribution in [3.05, 3.63) is 0 Å². The molecular weight excluding hydrogens is 258 g/mol. The number of carbonyl (C=O) groups excluding carboxylic acids is 1. The Kier molecular flexibility index (Phi) is 4.75. The van der Waals surface area contributed by atoms with E-state index in [0.29, 0.717) is 25.3 Å². The number of urea groups is 1. The quantitative estimate of drug-likeness (QED) is 0.791. The molecule has 3 fully saturated rings. The Morgan fingerprint density at radius 2 is 1.55 bits per heavy atom. The van der Waals surface area contributed by atoms with Crippen LogP contribution in [0.15, 0.2) is 0 Å². The highest BCUT2D eigenvalue weighted by Crippen LogP contribution is 2.15. The van der Waals surface area contributed by atoms with Crippen LogP contribution < -0.4 is 5.32 Å². The Morgan fingerprint density at radius 3 is 2.20 bits per heavy atom. The Morgan fingerprint density at radius 1 is 0.850 bits per heavy atom. The fourth-order valence-corrected chi connectivity index (χ4v) is 3.19. The van der Waals surface area contributed by atoms with Gasteiger partial charge in [-0.2, -0.15) is 0 Å². The molecule has 20 heavy (non-hydrogen) atoms. The molecule has 3 rings (SSSR count). The molecule has 0 bridgehead atoms. The van der Waals surface area contributed by atoms with Gasteiger partial charge >= 0.3 is 6.03 Å². The van der Waals surface area contributed by atoms with Crippen LogP contribution in [0.25, 0.3) is 0 Å². The largest absolute Gasteiger partial charge is 0.380 e. The SMILES string of the molecule is O=C(N1CCOCC1)N1CCC(NC2CCOC2)CC1. The molecule has 3 aliphatic heterocycles. The van der Waals surface area contributed by atoms with Crippen molar-refractivity contribution in [2.24, 2.45) is 0 Å². The maximum atomic E-state index is 12.4. The van der Waals surface area contributed by atoms with Crippen molar-refractivity contribution in [3.8, 4) is 0 Å². The number of hydrogen-bond donors (Lipinski definition) is 1. The zero-order chi connectivity index (χ0) is 13.8. The molecule has 0 aliphatic carbocycles. The highest BCUT2D eigenvalue weighted by Gasteiger charge is 2.28. The van der Waals surface area contributed by atoms with Gasteiger partial charge in [0.25, 0.3) is 0 Å². The molecule has 1 atom stereocenters. The highest BCUT2D eigenvalue weighted by molar-refractivity contribution is 5.74. The summed E-state index contributed by atoms with van der Waals surface area (Å²) in [6, 6.07) is 1.24. The summed E-state index contributed by atoms with van der Waals surface area (Å²) in [5.41, 5.74) is 0. The Balaban J connectivity index is 1.41. The van der Waals surface area contributed by atoms with Crippen LogP contribution in [0.5, 0.6) is 0 Å². The lowest BCUT2D eigenvalue weighted by molar-refractivity contribution is 0.0406. The van der Waals surface area contributed by atoms with Crippen LogP contribution in [-0.2, 0) is 9.47 Å². The van der Waals surface area contributed by atoms with E-state index in [1.807, 2.05) is 9.80 Å². The van der Waals surface area contributed by atoms with E-state index in [1.54, 1.807) is 0 Å². The number of hydrogen-bond acceptors (Lipinski definition) is 4. The lowest BCUT2D eigenvalue weighted by atomic mass is 10.0. The van der Waals surface area contributed by atoms with E-state index in [1.165, 1.54) is 0 Å². The van der Waals surface area contributed by atoms with E-state index in [-0.39, 0.29) is 6.03 Å². The van der Waals surface area contributed by atoms with Gasteiger partial charge in [0.05, 0.1) is 19.8 Å². The zero-order valence-electron chi connectivity index (χ0n) is 12.1. The molecule has 0 aromatic rings. The normalized spacial score (nSPS) is 28.9. The predicted molar refractivity (Wildman–Crippen MR) is 74.7 cm³/mol. The molecule has 0 spiro atoms. The average molecular weight is 283 g/mol. The van der Waals surface area contributed by atoms with Crippen LogP contribution in [0.2, 0.25) is 0 Å².